The van der Waals surface area contributed by atoms with E-state index in [9.17, 15) is 10.2 Å². The highest BCUT2D eigenvalue weighted by atomic mass is 16.3. The lowest BCUT2D eigenvalue weighted by Crippen LogP contribution is -2.03. The molecule has 0 unspecified atom stereocenters. The first kappa shape index (κ1) is 21.3. The van der Waals surface area contributed by atoms with Gasteiger partial charge in [0.1, 0.15) is 11.5 Å². The van der Waals surface area contributed by atoms with Crippen LogP contribution in [-0.4, -0.2) is 10.2 Å². The van der Waals surface area contributed by atoms with E-state index < -0.39 is 0 Å². The van der Waals surface area contributed by atoms with Crippen molar-refractivity contribution in [1.82, 2.24) is 0 Å². The molecule has 0 saturated carbocycles. The molecule has 0 bridgehead atoms. The van der Waals surface area contributed by atoms with E-state index in [1.54, 1.807) is 0 Å². The van der Waals surface area contributed by atoms with Crippen molar-refractivity contribution >= 4 is 0 Å². The minimum Gasteiger partial charge on any atom is -0.508 e. The van der Waals surface area contributed by atoms with Gasteiger partial charge in [-0.05, 0) is 78.3 Å². The Kier molecular flexibility index (Phi) is 7.77. The van der Waals surface area contributed by atoms with Crippen LogP contribution in [0.4, 0.5) is 0 Å². The van der Waals surface area contributed by atoms with E-state index in [4.69, 9.17) is 0 Å². The maximum atomic E-state index is 10.2. The fraction of sp³-hybridized carbons (Fsp3) is 0.520. The van der Waals surface area contributed by atoms with Crippen LogP contribution >= 0.6 is 0 Å². The van der Waals surface area contributed by atoms with Crippen LogP contribution in [0.15, 0.2) is 36.4 Å². The highest BCUT2D eigenvalue weighted by molar-refractivity contribution is 5.44. The predicted octanol–water partition coefficient (Wildman–Crippen LogP) is 6.82. The SMILES string of the molecule is CCC(c1ccc(O)c(CCC(C)C)c1)c1ccc(O)c(CCC(C)C)c1. The standard InChI is InChI=1S/C25H36O2/c1-6-23(19-11-13-24(26)21(15-19)9-7-17(2)3)20-12-14-25(27)22(16-20)10-8-18(4)5/h11-18,23,26-27H,6-10H2,1-5H3. The topological polar surface area (TPSA) is 40.5 Å². The van der Waals surface area contributed by atoms with Crippen LogP contribution in [0, 0.1) is 11.8 Å². The van der Waals surface area contributed by atoms with Gasteiger partial charge in [0.25, 0.3) is 0 Å². The molecular weight excluding hydrogens is 332 g/mol. The van der Waals surface area contributed by atoms with Gasteiger partial charge in [0.05, 0.1) is 0 Å². The Bertz CT molecular complexity index is 670. The average molecular weight is 369 g/mol. The largest absolute Gasteiger partial charge is 0.508 e. The Morgan fingerprint density at radius 1 is 0.704 bits per heavy atom. The Balaban J connectivity index is 2.30. The fourth-order valence-corrected chi connectivity index (χ4v) is 3.60. The zero-order chi connectivity index (χ0) is 20.0. The fourth-order valence-electron chi connectivity index (χ4n) is 3.60. The average Bonchev–Trinajstić information content (AvgIpc) is 2.62. The number of aryl methyl sites for hydroxylation is 2. The number of phenolic OH excluding ortho intramolecular Hbond substituents is 2. The van der Waals surface area contributed by atoms with E-state index >= 15 is 0 Å². The zero-order valence-corrected chi connectivity index (χ0v) is 17.6. The lowest BCUT2D eigenvalue weighted by atomic mass is 9.86. The lowest BCUT2D eigenvalue weighted by molar-refractivity contribution is 0.462. The number of phenols is 2. The van der Waals surface area contributed by atoms with Gasteiger partial charge in [0, 0.05) is 5.92 Å². The van der Waals surface area contributed by atoms with Crippen molar-refractivity contribution in [3.8, 4) is 11.5 Å². The Morgan fingerprint density at radius 2 is 1.11 bits per heavy atom. The third-order valence-electron chi connectivity index (χ3n) is 5.40. The molecule has 0 fully saturated rings. The molecule has 2 rings (SSSR count). The third kappa shape index (κ3) is 6.02. The zero-order valence-electron chi connectivity index (χ0n) is 17.6. The van der Waals surface area contributed by atoms with Gasteiger partial charge in [-0.3, -0.25) is 0 Å². The van der Waals surface area contributed by atoms with Crippen molar-refractivity contribution in [2.24, 2.45) is 11.8 Å². The van der Waals surface area contributed by atoms with E-state index in [0.29, 0.717) is 23.3 Å². The van der Waals surface area contributed by atoms with Gasteiger partial charge >= 0.3 is 0 Å². The molecule has 0 radical (unpaired) electrons. The summed E-state index contributed by atoms with van der Waals surface area (Å²) in [5, 5.41) is 20.5. The summed E-state index contributed by atoms with van der Waals surface area (Å²) < 4.78 is 0. The molecule has 148 valence electrons. The Labute approximate surface area is 165 Å². The maximum absolute atomic E-state index is 10.2. The van der Waals surface area contributed by atoms with Crippen molar-refractivity contribution in [3.05, 3.63) is 58.7 Å². The number of hydrogen-bond donors (Lipinski definition) is 2. The molecule has 0 aromatic heterocycles. The third-order valence-corrected chi connectivity index (χ3v) is 5.40. The molecule has 0 heterocycles. The summed E-state index contributed by atoms with van der Waals surface area (Å²) >= 11 is 0. The molecule has 27 heavy (non-hydrogen) atoms. The molecule has 0 atom stereocenters. The van der Waals surface area contributed by atoms with Crippen molar-refractivity contribution in [1.29, 1.82) is 0 Å². The highest BCUT2D eigenvalue weighted by Crippen LogP contribution is 2.34. The summed E-state index contributed by atoms with van der Waals surface area (Å²) in [6.07, 6.45) is 4.95. The van der Waals surface area contributed by atoms with Crippen molar-refractivity contribution in [2.75, 3.05) is 0 Å². The minimum absolute atomic E-state index is 0.279. The molecule has 0 aliphatic carbocycles. The summed E-state index contributed by atoms with van der Waals surface area (Å²) in [6.45, 7) is 11.1. The molecule has 2 N–H and O–H groups in total. The summed E-state index contributed by atoms with van der Waals surface area (Å²) in [4.78, 5) is 0. The molecular formula is C25H36O2. The monoisotopic (exact) mass is 368 g/mol. The number of aromatic hydroxyl groups is 2. The van der Waals surface area contributed by atoms with Crippen LogP contribution < -0.4 is 0 Å². The number of rotatable bonds is 9. The first-order valence-corrected chi connectivity index (χ1v) is 10.4. The molecule has 0 spiro atoms. The molecule has 2 heteroatoms. The van der Waals surface area contributed by atoms with Crippen molar-refractivity contribution in [2.45, 2.75) is 72.6 Å². The van der Waals surface area contributed by atoms with E-state index in [1.165, 1.54) is 11.1 Å². The van der Waals surface area contributed by atoms with Crippen LogP contribution in [0.5, 0.6) is 11.5 Å². The second-order valence-corrected chi connectivity index (χ2v) is 8.60. The summed E-state index contributed by atoms with van der Waals surface area (Å²) in [5.41, 5.74) is 4.57. The lowest BCUT2D eigenvalue weighted by Gasteiger charge is -2.19. The predicted molar refractivity (Wildman–Crippen MR) is 115 cm³/mol. The van der Waals surface area contributed by atoms with Crippen LogP contribution in [-0.2, 0) is 12.8 Å². The number of benzene rings is 2. The second kappa shape index (κ2) is 9.82. The molecule has 0 aliphatic rings. The van der Waals surface area contributed by atoms with Crippen molar-refractivity contribution < 1.29 is 10.2 Å². The smallest absolute Gasteiger partial charge is 0.118 e. The quantitative estimate of drug-likeness (QED) is 0.510. The van der Waals surface area contributed by atoms with Crippen LogP contribution in [0.1, 0.15) is 82.1 Å². The van der Waals surface area contributed by atoms with Gasteiger partial charge in [0.15, 0.2) is 0 Å². The Morgan fingerprint density at radius 3 is 1.44 bits per heavy atom. The summed E-state index contributed by atoms with van der Waals surface area (Å²) in [7, 11) is 0. The summed E-state index contributed by atoms with van der Waals surface area (Å²) in [6, 6.07) is 12.1. The van der Waals surface area contributed by atoms with Gasteiger partial charge in [-0.15, -0.1) is 0 Å². The normalized spacial score (nSPS) is 11.7. The first-order chi connectivity index (χ1) is 12.8. The summed E-state index contributed by atoms with van der Waals surface area (Å²) in [5.74, 6) is 2.32. The molecule has 0 amide bonds. The van der Waals surface area contributed by atoms with Crippen molar-refractivity contribution in [3.63, 3.8) is 0 Å². The minimum atomic E-state index is 0.279. The molecule has 0 aliphatic heterocycles. The second-order valence-electron chi connectivity index (χ2n) is 8.60. The van der Waals surface area contributed by atoms with E-state index in [1.807, 2.05) is 24.3 Å². The Hall–Kier alpha value is -1.96. The van der Waals surface area contributed by atoms with E-state index in [-0.39, 0.29) is 5.92 Å². The first-order valence-electron chi connectivity index (χ1n) is 10.4. The van der Waals surface area contributed by atoms with E-state index in [0.717, 1.165) is 43.2 Å². The molecule has 2 aromatic carbocycles. The molecule has 2 nitrogen and oxygen atoms in total. The molecule has 2 aromatic rings. The van der Waals surface area contributed by atoms with E-state index in [2.05, 4.69) is 46.8 Å². The highest BCUT2D eigenvalue weighted by Gasteiger charge is 2.16. The van der Waals surface area contributed by atoms with Gasteiger partial charge < -0.3 is 10.2 Å². The van der Waals surface area contributed by atoms with Crippen LogP contribution in [0.3, 0.4) is 0 Å². The van der Waals surface area contributed by atoms with Gasteiger partial charge in [0.2, 0.25) is 0 Å². The van der Waals surface area contributed by atoms with Crippen LogP contribution in [0.2, 0.25) is 0 Å². The van der Waals surface area contributed by atoms with Gasteiger partial charge in [-0.25, -0.2) is 0 Å². The van der Waals surface area contributed by atoms with Gasteiger partial charge in [-0.2, -0.15) is 0 Å². The van der Waals surface area contributed by atoms with Gasteiger partial charge in [-0.1, -0.05) is 58.9 Å². The maximum Gasteiger partial charge on any atom is 0.118 e. The number of hydrogen-bond acceptors (Lipinski definition) is 2. The van der Waals surface area contributed by atoms with Crippen LogP contribution in [0.25, 0.3) is 0 Å². The molecule has 0 saturated heterocycles.